The van der Waals surface area contributed by atoms with Crippen molar-refractivity contribution in [2.45, 2.75) is 12.5 Å². The summed E-state index contributed by atoms with van der Waals surface area (Å²) in [6, 6.07) is 9.30. The SMILES string of the molecule is N#CC1CN(C(=O)Cc2cccc(N)c2)CCO1. The van der Waals surface area contributed by atoms with Gasteiger partial charge in [0.15, 0.2) is 6.10 Å². The number of nitrogens with zero attached hydrogens (tertiary/aromatic N) is 2. The third kappa shape index (κ3) is 2.99. The summed E-state index contributed by atoms with van der Waals surface area (Å²) in [4.78, 5) is 13.7. The number of ether oxygens (including phenoxy) is 1. The molecule has 1 aromatic carbocycles. The van der Waals surface area contributed by atoms with Crippen LogP contribution in [0.4, 0.5) is 5.69 Å². The number of benzene rings is 1. The molecule has 5 nitrogen and oxygen atoms in total. The zero-order chi connectivity index (χ0) is 13.0. The van der Waals surface area contributed by atoms with Crippen LogP contribution in [0.1, 0.15) is 5.56 Å². The Morgan fingerprint density at radius 1 is 1.61 bits per heavy atom. The molecule has 1 amide bonds. The van der Waals surface area contributed by atoms with Crippen molar-refractivity contribution >= 4 is 11.6 Å². The van der Waals surface area contributed by atoms with Crippen LogP contribution in [0.2, 0.25) is 0 Å². The van der Waals surface area contributed by atoms with Gasteiger partial charge in [0, 0.05) is 12.2 Å². The van der Waals surface area contributed by atoms with E-state index in [0.717, 1.165) is 5.56 Å². The van der Waals surface area contributed by atoms with E-state index >= 15 is 0 Å². The van der Waals surface area contributed by atoms with Crippen molar-refractivity contribution in [2.75, 3.05) is 25.4 Å². The number of hydrogen-bond acceptors (Lipinski definition) is 4. The molecule has 0 spiro atoms. The highest BCUT2D eigenvalue weighted by Gasteiger charge is 2.23. The lowest BCUT2D eigenvalue weighted by Crippen LogP contribution is -2.45. The van der Waals surface area contributed by atoms with E-state index in [1.807, 2.05) is 18.2 Å². The van der Waals surface area contributed by atoms with Crippen molar-refractivity contribution in [3.8, 4) is 6.07 Å². The molecule has 0 aromatic heterocycles. The van der Waals surface area contributed by atoms with Crippen LogP contribution < -0.4 is 5.73 Å². The van der Waals surface area contributed by atoms with Gasteiger partial charge < -0.3 is 15.4 Å². The third-order valence-corrected chi connectivity index (χ3v) is 2.87. The fourth-order valence-electron chi connectivity index (χ4n) is 1.94. The summed E-state index contributed by atoms with van der Waals surface area (Å²) < 4.78 is 5.20. The Labute approximate surface area is 106 Å². The number of amides is 1. The Kier molecular flexibility index (Phi) is 3.80. The summed E-state index contributed by atoms with van der Waals surface area (Å²) in [6.45, 7) is 1.30. The number of nitriles is 1. The Morgan fingerprint density at radius 3 is 3.17 bits per heavy atom. The molecule has 0 bridgehead atoms. The van der Waals surface area contributed by atoms with Gasteiger partial charge in [-0.05, 0) is 17.7 Å². The van der Waals surface area contributed by atoms with Crippen LogP contribution in [0, 0.1) is 11.3 Å². The van der Waals surface area contributed by atoms with E-state index in [-0.39, 0.29) is 5.91 Å². The number of hydrogen-bond donors (Lipinski definition) is 1. The maximum atomic E-state index is 12.1. The molecule has 0 aliphatic carbocycles. The highest BCUT2D eigenvalue weighted by molar-refractivity contribution is 5.79. The number of carbonyl (C=O) groups is 1. The van der Waals surface area contributed by atoms with E-state index in [1.165, 1.54) is 0 Å². The van der Waals surface area contributed by atoms with Crippen molar-refractivity contribution in [1.29, 1.82) is 5.26 Å². The average Bonchev–Trinajstić information content (AvgIpc) is 2.39. The van der Waals surface area contributed by atoms with Crippen LogP contribution in [0.15, 0.2) is 24.3 Å². The van der Waals surface area contributed by atoms with Gasteiger partial charge in [0.1, 0.15) is 0 Å². The van der Waals surface area contributed by atoms with Gasteiger partial charge in [0.05, 0.1) is 25.6 Å². The average molecular weight is 245 g/mol. The first kappa shape index (κ1) is 12.4. The van der Waals surface area contributed by atoms with Crippen molar-refractivity contribution in [1.82, 2.24) is 4.90 Å². The molecule has 0 saturated carbocycles. The Morgan fingerprint density at radius 2 is 2.44 bits per heavy atom. The quantitative estimate of drug-likeness (QED) is 0.772. The lowest BCUT2D eigenvalue weighted by atomic mass is 10.1. The van der Waals surface area contributed by atoms with Gasteiger partial charge in [-0.3, -0.25) is 4.79 Å². The van der Waals surface area contributed by atoms with E-state index in [1.54, 1.807) is 17.0 Å². The number of rotatable bonds is 2. The normalized spacial score (nSPS) is 19.3. The molecule has 1 unspecified atom stereocenters. The largest absolute Gasteiger partial charge is 0.399 e. The second kappa shape index (κ2) is 5.52. The molecule has 18 heavy (non-hydrogen) atoms. The van der Waals surface area contributed by atoms with Crippen LogP contribution in [0.5, 0.6) is 0 Å². The van der Waals surface area contributed by atoms with Crippen molar-refractivity contribution < 1.29 is 9.53 Å². The van der Waals surface area contributed by atoms with Gasteiger partial charge in [-0.1, -0.05) is 12.1 Å². The first-order valence-electron chi connectivity index (χ1n) is 5.82. The molecule has 1 saturated heterocycles. The molecule has 0 radical (unpaired) electrons. The summed E-state index contributed by atoms with van der Waals surface area (Å²) in [5.41, 5.74) is 7.21. The van der Waals surface area contributed by atoms with E-state index in [9.17, 15) is 4.79 Å². The zero-order valence-corrected chi connectivity index (χ0v) is 10.0. The first-order chi connectivity index (χ1) is 8.69. The van der Waals surface area contributed by atoms with Gasteiger partial charge in [-0.15, -0.1) is 0 Å². The first-order valence-corrected chi connectivity index (χ1v) is 5.82. The molecule has 1 aliphatic rings. The summed E-state index contributed by atoms with van der Waals surface area (Å²) in [5, 5.41) is 8.79. The van der Waals surface area contributed by atoms with Crippen molar-refractivity contribution in [3.63, 3.8) is 0 Å². The Balaban J connectivity index is 1.98. The number of morpholine rings is 1. The van der Waals surface area contributed by atoms with Crippen LogP contribution in [-0.4, -0.2) is 36.6 Å². The maximum absolute atomic E-state index is 12.1. The summed E-state index contributed by atoms with van der Waals surface area (Å²) in [7, 11) is 0. The fourth-order valence-corrected chi connectivity index (χ4v) is 1.94. The molecule has 1 heterocycles. The molecule has 1 aliphatic heterocycles. The summed E-state index contributed by atoms with van der Waals surface area (Å²) >= 11 is 0. The van der Waals surface area contributed by atoms with E-state index in [2.05, 4.69) is 0 Å². The van der Waals surface area contributed by atoms with Gasteiger partial charge in [-0.2, -0.15) is 5.26 Å². The molecule has 5 heteroatoms. The monoisotopic (exact) mass is 245 g/mol. The zero-order valence-electron chi connectivity index (χ0n) is 10.0. The number of carbonyl (C=O) groups excluding carboxylic acids is 1. The molecular weight excluding hydrogens is 230 g/mol. The minimum atomic E-state index is -0.511. The molecule has 94 valence electrons. The van der Waals surface area contributed by atoms with E-state index < -0.39 is 6.10 Å². The Bertz CT molecular complexity index is 481. The second-order valence-corrected chi connectivity index (χ2v) is 4.25. The van der Waals surface area contributed by atoms with Gasteiger partial charge in [-0.25, -0.2) is 0 Å². The van der Waals surface area contributed by atoms with Gasteiger partial charge in [0.2, 0.25) is 5.91 Å². The summed E-state index contributed by atoms with van der Waals surface area (Å²) in [5.74, 6) is 0.00384. The van der Waals surface area contributed by atoms with Crippen molar-refractivity contribution in [2.24, 2.45) is 0 Å². The van der Waals surface area contributed by atoms with Gasteiger partial charge in [0.25, 0.3) is 0 Å². The third-order valence-electron chi connectivity index (χ3n) is 2.87. The van der Waals surface area contributed by atoms with Gasteiger partial charge >= 0.3 is 0 Å². The van der Waals surface area contributed by atoms with E-state index in [4.69, 9.17) is 15.7 Å². The highest BCUT2D eigenvalue weighted by atomic mass is 16.5. The molecule has 2 rings (SSSR count). The summed E-state index contributed by atoms with van der Waals surface area (Å²) in [6.07, 6.45) is -0.202. The topological polar surface area (TPSA) is 79.4 Å². The smallest absolute Gasteiger partial charge is 0.227 e. The molecule has 2 N–H and O–H groups in total. The maximum Gasteiger partial charge on any atom is 0.227 e. The van der Waals surface area contributed by atoms with Crippen LogP contribution in [-0.2, 0) is 16.0 Å². The van der Waals surface area contributed by atoms with E-state index in [0.29, 0.717) is 31.8 Å². The standard InChI is InChI=1S/C13H15N3O2/c14-8-12-9-16(4-5-18-12)13(17)7-10-2-1-3-11(15)6-10/h1-3,6,12H,4-5,7,9,15H2. The molecular formula is C13H15N3O2. The predicted molar refractivity (Wildman–Crippen MR) is 66.5 cm³/mol. The minimum absolute atomic E-state index is 0.00384. The van der Waals surface area contributed by atoms with Crippen LogP contribution >= 0.6 is 0 Å². The predicted octanol–water partition coefficient (Wildman–Crippen LogP) is 0.562. The fraction of sp³-hybridized carbons (Fsp3) is 0.385. The van der Waals surface area contributed by atoms with Crippen molar-refractivity contribution in [3.05, 3.63) is 29.8 Å². The highest BCUT2D eigenvalue weighted by Crippen LogP contribution is 2.11. The lowest BCUT2D eigenvalue weighted by molar-refractivity contribution is -0.136. The minimum Gasteiger partial charge on any atom is -0.399 e. The number of nitrogens with two attached hydrogens (primary N) is 1. The van der Waals surface area contributed by atoms with Crippen LogP contribution in [0.25, 0.3) is 0 Å². The molecule has 1 atom stereocenters. The number of nitrogen functional groups attached to an aromatic ring is 1. The second-order valence-electron chi connectivity index (χ2n) is 4.25. The molecule has 1 aromatic rings. The number of anilines is 1. The molecule has 1 fully saturated rings. The lowest BCUT2D eigenvalue weighted by Gasteiger charge is -2.29. The van der Waals surface area contributed by atoms with Crippen LogP contribution in [0.3, 0.4) is 0 Å². The Hall–Kier alpha value is -2.06.